The van der Waals surface area contributed by atoms with E-state index in [2.05, 4.69) is 10.6 Å². The van der Waals surface area contributed by atoms with E-state index < -0.39 is 5.60 Å². The van der Waals surface area contributed by atoms with Gasteiger partial charge in [0.1, 0.15) is 5.60 Å². The summed E-state index contributed by atoms with van der Waals surface area (Å²) in [6.07, 6.45) is 9.74. The van der Waals surface area contributed by atoms with E-state index in [1.54, 1.807) is 7.11 Å². The number of benzene rings is 2. The number of carbonyl (C=O) groups excluding carboxylic acids is 1. The van der Waals surface area contributed by atoms with E-state index in [1.807, 2.05) is 61.6 Å². The average molecular weight is 467 g/mol. The molecule has 34 heavy (non-hydrogen) atoms. The van der Waals surface area contributed by atoms with E-state index in [0.29, 0.717) is 24.5 Å². The molecule has 2 atom stereocenters. The molecule has 186 valence electrons. The second-order valence-electron chi connectivity index (χ2n) is 9.72. The van der Waals surface area contributed by atoms with Crippen LogP contribution in [0.25, 0.3) is 0 Å². The monoisotopic (exact) mass is 466 g/mol. The van der Waals surface area contributed by atoms with Gasteiger partial charge in [0.25, 0.3) is 5.91 Å². The standard InChI is InChI=1S/C29H42N2O3/c1-30-22-27(20-23-12-5-3-6-13-23)31-28(32)24-14-11-17-26(21-24)29(33,18-9-10-19-34-2)25-15-7-4-8-16-25/h4,7-8,11,14-17,21,23,27,30,33H,3,5-6,9-10,12-13,18-20,22H2,1-2H3,(H,31,32)/t27-,29-/m0/s1. The van der Waals surface area contributed by atoms with E-state index in [0.717, 1.165) is 36.9 Å². The van der Waals surface area contributed by atoms with Gasteiger partial charge in [-0.25, -0.2) is 0 Å². The van der Waals surface area contributed by atoms with Gasteiger partial charge < -0.3 is 20.5 Å². The molecule has 1 saturated carbocycles. The summed E-state index contributed by atoms with van der Waals surface area (Å²) in [5, 5.41) is 18.4. The van der Waals surface area contributed by atoms with E-state index in [9.17, 15) is 9.90 Å². The van der Waals surface area contributed by atoms with Gasteiger partial charge in [0.05, 0.1) is 0 Å². The molecule has 0 saturated heterocycles. The van der Waals surface area contributed by atoms with E-state index >= 15 is 0 Å². The summed E-state index contributed by atoms with van der Waals surface area (Å²) in [5.41, 5.74) is 1.03. The lowest BCUT2D eigenvalue weighted by molar-refractivity contribution is 0.0650. The van der Waals surface area contributed by atoms with Gasteiger partial charge in [-0.2, -0.15) is 0 Å². The number of amides is 1. The van der Waals surface area contributed by atoms with Crippen molar-refractivity contribution in [1.29, 1.82) is 0 Å². The summed E-state index contributed by atoms with van der Waals surface area (Å²) in [4.78, 5) is 13.2. The molecule has 0 spiro atoms. The molecular weight excluding hydrogens is 424 g/mol. The number of likely N-dealkylation sites (N-methyl/N-ethyl adjacent to an activating group) is 1. The lowest BCUT2D eigenvalue weighted by atomic mass is 9.81. The summed E-state index contributed by atoms with van der Waals surface area (Å²) < 4.78 is 5.19. The molecule has 2 aromatic rings. The van der Waals surface area contributed by atoms with Crippen molar-refractivity contribution in [2.75, 3.05) is 27.3 Å². The van der Waals surface area contributed by atoms with Crippen molar-refractivity contribution in [1.82, 2.24) is 10.6 Å². The Morgan fingerprint density at radius 2 is 1.79 bits per heavy atom. The maximum atomic E-state index is 13.2. The summed E-state index contributed by atoms with van der Waals surface area (Å²) in [6, 6.07) is 17.3. The van der Waals surface area contributed by atoms with Crippen molar-refractivity contribution in [2.24, 2.45) is 5.92 Å². The second-order valence-corrected chi connectivity index (χ2v) is 9.72. The second kappa shape index (κ2) is 13.6. The smallest absolute Gasteiger partial charge is 0.251 e. The first-order chi connectivity index (χ1) is 16.6. The number of aliphatic hydroxyl groups is 1. The number of hydrogen-bond acceptors (Lipinski definition) is 4. The van der Waals surface area contributed by atoms with Gasteiger partial charge in [0.2, 0.25) is 0 Å². The van der Waals surface area contributed by atoms with Gasteiger partial charge in [-0.05, 0) is 61.9 Å². The number of carbonyl (C=O) groups is 1. The number of nitrogens with one attached hydrogen (secondary N) is 2. The number of ether oxygens (including phenoxy) is 1. The Labute approximate surface area is 205 Å². The Balaban J connectivity index is 1.77. The fourth-order valence-electron chi connectivity index (χ4n) is 5.25. The minimum Gasteiger partial charge on any atom is -0.385 e. The molecule has 5 heteroatoms. The minimum absolute atomic E-state index is 0.0762. The van der Waals surface area contributed by atoms with Crippen molar-refractivity contribution in [3.8, 4) is 0 Å². The quantitative estimate of drug-likeness (QED) is 0.362. The lowest BCUT2D eigenvalue weighted by Crippen LogP contribution is -2.42. The Morgan fingerprint density at radius 1 is 1.06 bits per heavy atom. The lowest BCUT2D eigenvalue weighted by Gasteiger charge is -2.30. The van der Waals surface area contributed by atoms with Gasteiger partial charge in [0.15, 0.2) is 0 Å². The molecule has 0 unspecified atom stereocenters. The summed E-state index contributed by atoms with van der Waals surface area (Å²) in [5.74, 6) is 0.613. The molecule has 2 aromatic carbocycles. The third-order valence-corrected chi connectivity index (χ3v) is 7.12. The van der Waals surface area contributed by atoms with Crippen LogP contribution >= 0.6 is 0 Å². The number of hydrogen-bond donors (Lipinski definition) is 3. The Bertz CT molecular complexity index is 867. The zero-order chi connectivity index (χ0) is 24.2. The molecule has 0 bridgehead atoms. The SMILES string of the molecule is CNC[C@H](CC1CCCCC1)NC(=O)c1cccc([C@](O)(CCCCOC)c2ccccc2)c1. The normalized spacial score (nSPS) is 17.1. The molecule has 1 fully saturated rings. The van der Waals surface area contributed by atoms with Crippen LogP contribution in [0.15, 0.2) is 54.6 Å². The van der Waals surface area contributed by atoms with Crippen molar-refractivity contribution < 1.29 is 14.6 Å². The number of unbranched alkanes of at least 4 members (excludes halogenated alkanes) is 1. The maximum absolute atomic E-state index is 13.2. The Hall–Kier alpha value is -2.21. The predicted octanol–water partition coefficient (Wildman–Crippen LogP) is 5.03. The highest BCUT2D eigenvalue weighted by Crippen LogP contribution is 2.35. The molecule has 1 aliphatic carbocycles. The molecule has 5 nitrogen and oxygen atoms in total. The van der Waals surface area contributed by atoms with Crippen molar-refractivity contribution in [2.45, 2.75) is 69.4 Å². The average Bonchev–Trinajstić information content (AvgIpc) is 2.88. The van der Waals surface area contributed by atoms with Crippen molar-refractivity contribution in [3.63, 3.8) is 0 Å². The largest absolute Gasteiger partial charge is 0.385 e. The summed E-state index contributed by atoms with van der Waals surface area (Å²) in [7, 11) is 3.63. The third-order valence-electron chi connectivity index (χ3n) is 7.12. The van der Waals surface area contributed by atoms with Gasteiger partial charge in [-0.3, -0.25) is 4.79 Å². The fraction of sp³-hybridized carbons (Fsp3) is 0.552. The van der Waals surface area contributed by atoms with Crippen LogP contribution in [0.5, 0.6) is 0 Å². The third kappa shape index (κ3) is 7.39. The fourth-order valence-corrected chi connectivity index (χ4v) is 5.25. The van der Waals surface area contributed by atoms with Crippen LogP contribution in [0.3, 0.4) is 0 Å². The van der Waals surface area contributed by atoms with Gasteiger partial charge in [0, 0.05) is 31.9 Å². The zero-order valence-electron chi connectivity index (χ0n) is 20.9. The molecule has 0 radical (unpaired) electrons. The molecule has 1 amide bonds. The van der Waals surface area contributed by atoms with Crippen molar-refractivity contribution in [3.05, 3.63) is 71.3 Å². The molecular formula is C29H42N2O3. The Morgan fingerprint density at radius 3 is 2.50 bits per heavy atom. The molecule has 3 rings (SSSR count). The van der Waals surface area contributed by atoms with Crippen LogP contribution in [0.4, 0.5) is 0 Å². The molecule has 1 aliphatic rings. The Kier molecular flexibility index (Phi) is 10.6. The highest BCUT2D eigenvalue weighted by atomic mass is 16.5. The molecule has 0 aromatic heterocycles. The predicted molar refractivity (Wildman–Crippen MR) is 138 cm³/mol. The van der Waals surface area contributed by atoms with Crippen LogP contribution in [-0.4, -0.2) is 44.4 Å². The molecule has 3 N–H and O–H groups in total. The zero-order valence-corrected chi connectivity index (χ0v) is 20.9. The van der Waals surface area contributed by atoms with Gasteiger partial charge in [-0.1, -0.05) is 74.6 Å². The highest BCUT2D eigenvalue weighted by Gasteiger charge is 2.31. The highest BCUT2D eigenvalue weighted by molar-refractivity contribution is 5.94. The van der Waals surface area contributed by atoms with Crippen LogP contribution < -0.4 is 10.6 Å². The van der Waals surface area contributed by atoms with Crippen LogP contribution in [-0.2, 0) is 10.3 Å². The minimum atomic E-state index is -1.15. The van der Waals surface area contributed by atoms with E-state index in [1.165, 1.54) is 32.1 Å². The summed E-state index contributed by atoms with van der Waals surface area (Å²) >= 11 is 0. The van der Waals surface area contributed by atoms with Gasteiger partial charge in [-0.15, -0.1) is 0 Å². The maximum Gasteiger partial charge on any atom is 0.251 e. The first-order valence-electron chi connectivity index (χ1n) is 12.9. The van der Waals surface area contributed by atoms with E-state index in [-0.39, 0.29) is 11.9 Å². The van der Waals surface area contributed by atoms with Crippen molar-refractivity contribution >= 4 is 5.91 Å². The van der Waals surface area contributed by atoms with Crippen LogP contribution in [0, 0.1) is 5.92 Å². The first kappa shape index (κ1) is 26.4. The first-order valence-corrected chi connectivity index (χ1v) is 12.9. The topological polar surface area (TPSA) is 70.6 Å². The number of rotatable bonds is 13. The number of methoxy groups -OCH3 is 1. The summed E-state index contributed by atoms with van der Waals surface area (Å²) in [6.45, 7) is 1.43. The van der Waals surface area contributed by atoms with Crippen LogP contribution in [0.2, 0.25) is 0 Å². The molecule has 0 heterocycles. The van der Waals surface area contributed by atoms with Gasteiger partial charge >= 0.3 is 0 Å². The molecule has 0 aliphatic heterocycles. The van der Waals surface area contributed by atoms with Crippen LogP contribution in [0.1, 0.15) is 79.3 Å². The van der Waals surface area contributed by atoms with E-state index in [4.69, 9.17) is 4.74 Å².